The molecule has 1 aromatic heterocycles. The highest BCUT2D eigenvalue weighted by atomic mass is 16.5. The lowest BCUT2D eigenvalue weighted by Crippen LogP contribution is -2.18. The number of carbonyl (C=O) groups is 1. The van der Waals surface area contributed by atoms with E-state index in [0.29, 0.717) is 22.7 Å². The Morgan fingerprint density at radius 3 is 2.45 bits per heavy atom. The second-order valence-electron chi connectivity index (χ2n) is 6.74. The van der Waals surface area contributed by atoms with Crippen LogP contribution in [0.15, 0.2) is 84.0 Å². The Labute approximate surface area is 179 Å². The van der Waals surface area contributed by atoms with Gasteiger partial charge in [-0.25, -0.2) is 5.43 Å². The molecule has 7 heteroatoms. The van der Waals surface area contributed by atoms with E-state index in [1.807, 2.05) is 42.5 Å². The van der Waals surface area contributed by atoms with Gasteiger partial charge in [0.2, 0.25) is 0 Å². The molecule has 154 valence electrons. The summed E-state index contributed by atoms with van der Waals surface area (Å²) in [6, 6.07) is 24.5. The number of amides is 1. The van der Waals surface area contributed by atoms with Crippen molar-refractivity contribution in [3.05, 3.63) is 90.1 Å². The van der Waals surface area contributed by atoms with E-state index in [4.69, 9.17) is 4.74 Å². The topological polar surface area (TPSA) is 99.6 Å². The number of aromatic nitrogens is 2. The number of nitrogens with one attached hydrogen (secondary N) is 2. The number of hydrogen-bond acceptors (Lipinski definition) is 5. The summed E-state index contributed by atoms with van der Waals surface area (Å²) in [5.74, 6) is -0.0566. The van der Waals surface area contributed by atoms with Gasteiger partial charge >= 0.3 is 0 Å². The third-order valence-corrected chi connectivity index (χ3v) is 4.69. The third kappa shape index (κ3) is 4.62. The van der Waals surface area contributed by atoms with Gasteiger partial charge in [0.25, 0.3) is 5.91 Å². The number of carbonyl (C=O) groups excluding carboxylic acids is 1. The fourth-order valence-electron chi connectivity index (χ4n) is 3.05. The van der Waals surface area contributed by atoms with E-state index < -0.39 is 5.91 Å². The van der Waals surface area contributed by atoms with E-state index >= 15 is 0 Å². The van der Waals surface area contributed by atoms with Gasteiger partial charge in [-0.05, 0) is 41.0 Å². The van der Waals surface area contributed by atoms with Gasteiger partial charge in [0.05, 0.1) is 19.0 Å². The lowest BCUT2D eigenvalue weighted by molar-refractivity contribution is 0.0950. The standard InChI is InChI=1S/C24H20N4O3/c1-31-23-13-16(7-12-22(23)29)15-25-28-24(30)21-14-20(26-27-21)19-10-8-18(9-11-19)17-5-3-2-4-6-17/h2-15,29H,1H3,(H,26,27)(H,28,30). The fraction of sp³-hybridized carbons (Fsp3) is 0.0417. The van der Waals surface area contributed by atoms with Gasteiger partial charge in [-0.2, -0.15) is 10.2 Å². The first-order valence-corrected chi connectivity index (χ1v) is 9.56. The lowest BCUT2D eigenvalue weighted by atomic mass is 10.0. The molecule has 0 aliphatic heterocycles. The summed E-state index contributed by atoms with van der Waals surface area (Å²) in [5, 5.41) is 20.5. The van der Waals surface area contributed by atoms with E-state index in [-0.39, 0.29) is 5.75 Å². The first-order chi connectivity index (χ1) is 15.1. The highest BCUT2D eigenvalue weighted by Crippen LogP contribution is 2.26. The Morgan fingerprint density at radius 2 is 1.71 bits per heavy atom. The summed E-state index contributed by atoms with van der Waals surface area (Å²) >= 11 is 0. The van der Waals surface area contributed by atoms with Crippen LogP contribution in [0.1, 0.15) is 16.1 Å². The van der Waals surface area contributed by atoms with Crippen molar-refractivity contribution in [1.82, 2.24) is 15.6 Å². The van der Waals surface area contributed by atoms with E-state index in [2.05, 4.69) is 32.9 Å². The second-order valence-corrected chi connectivity index (χ2v) is 6.74. The molecule has 0 fully saturated rings. The number of rotatable bonds is 6. The zero-order valence-corrected chi connectivity index (χ0v) is 16.7. The van der Waals surface area contributed by atoms with Crippen LogP contribution in [0.5, 0.6) is 11.5 Å². The minimum atomic E-state index is -0.415. The summed E-state index contributed by atoms with van der Waals surface area (Å²) in [6.45, 7) is 0. The van der Waals surface area contributed by atoms with E-state index in [0.717, 1.165) is 16.7 Å². The molecule has 0 unspecified atom stereocenters. The number of hydrogen-bond donors (Lipinski definition) is 3. The van der Waals surface area contributed by atoms with Gasteiger partial charge in [0.15, 0.2) is 11.5 Å². The first-order valence-electron chi connectivity index (χ1n) is 9.56. The molecule has 7 nitrogen and oxygen atoms in total. The molecule has 0 saturated carbocycles. The van der Waals surface area contributed by atoms with Crippen LogP contribution in [-0.4, -0.2) is 34.5 Å². The summed E-state index contributed by atoms with van der Waals surface area (Å²) in [6.07, 6.45) is 1.46. The normalized spacial score (nSPS) is 10.9. The van der Waals surface area contributed by atoms with Crippen LogP contribution in [0.3, 0.4) is 0 Å². The molecule has 0 atom stereocenters. The van der Waals surface area contributed by atoms with Crippen LogP contribution in [-0.2, 0) is 0 Å². The zero-order valence-electron chi connectivity index (χ0n) is 16.7. The number of phenols is 1. The van der Waals surface area contributed by atoms with Crippen molar-refractivity contribution in [3.63, 3.8) is 0 Å². The number of ether oxygens (including phenoxy) is 1. The van der Waals surface area contributed by atoms with Crippen molar-refractivity contribution in [3.8, 4) is 33.9 Å². The summed E-state index contributed by atoms with van der Waals surface area (Å²) in [7, 11) is 1.46. The molecule has 4 rings (SSSR count). The molecule has 1 amide bonds. The van der Waals surface area contributed by atoms with E-state index in [1.54, 1.807) is 18.2 Å². The number of aromatic hydroxyl groups is 1. The Kier molecular flexibility index (Phi) is 5.75. The first kappa shape index (κ1) is 19.9. The maximum Gasteiger partial charge on any atom is 0.289 e. The van der Waals surface area contributed by atoms with E-state index in [1.165, 1.54) is 19.4 Å². The molecular weight excluding hydrogens is 392 g/mol. The van der Waals surface area contributed by atoms with Crippen molar-refractivity contribution in [2.24, 2.45) is 5.10 Å². The molecule has 0 aliphatic carbocycles. The molecule has 0 bridgehead atoms. The Balaban J connectivity index is 1.42. The van der Waals surface area contributed by atoms with Crippen molar-refractivity contribution in [2.45, 2.75) is 0 Å². The molecule has 31 heavy (non-hydrogen) atoms. The van der Waals surface area contributed by atoms with Crippen molar-refractivity contribution in [2.75, 3.05) is 7.11 Å². The molecule has 0 radical (unpaired) electrons. The molecule has 0 saturated heterocycles. The highest BCUT2D eigenvalue weighted by Gasteiger charge is 2.11. The molecule has 4 aromatic rings. The predicted molar refractivity (Wildman–Crippen MR) is 119 cm³/mol. The van der Waals surface area contributed by atoms with Crippen LogP contribution < -0.4 is 10.2 Å². The Bertz CT molecular complexity index is 1220. The van der Waals surface area contributed by atoms with Crippen LogP contribution in [0.2, 0.25) is 0 Å². The summed E-state index contributed by atoms with van der Waals surface area (Å²) < 4.78 is 5.05. The summed E-state index contributed by atoms with van der Waals surface area (Å²) in [4.78, 5) is 12.3. The summed E-state index contributed by atoms with van der Waals surface area (Å²) in [5.41, 5.74) is 7.22. The Morgan fingerprint density at radius 1 is 1.00 bits per heavy atom. The van der Waals surface area contributed by atoms with Crippen LogP contribution >= 0.6 is 0 Å². The number of benzene rings is 3. The van der Waals surface area contributed by atoms with Crippen molar-refractivity contribution < 1.29 is 14.6 Å². The van der Waals surface area contributed by atoms with Crippen LogP contribution in [0.4, 0.5) is 0 Å². The highest BCUT2D eigenvalue weighted by molar-refractivity contribution is 5.94. The van der Waals surface area contributed by atoms with Crippen molar-refractivity contribution in [1.29, 1.82) is 0 Å². The van der Waals surface area contributed by atoms with Gasteiger partial charge in [0.1, 0.15) is 5.69 Å². The zero-order chi connectivity index (χ0) is 21.6. The Hall–Kier alpha value is -4.39. The quantitative estimate of drug-likeness (QED) is 0.326. The monoisotopic (exact) mass is 412 g/mol. The van der Waals surface area contributed by atoms with Crippen LogP contribution in [0, 0.1) is 0 Å². The van der Waals surface area contributed by atoms with Crippen molar-refractivity contribution >= 4 is 12.1 Å². The molecule has 1 heterocycles. The number of phenolic OH excluding ortho intramolecular Hbond substituents is 1. The van der Waals surface area contributed by atoms with E-state index in [9.17, 15) is 9.90 Å². The average Bonchev–Trinajstić information content (AvgIpc) is 3.31. The molecule has 0 spiro atoms. The van der Waals surface area contributed by atoms with Gasteiger partial charge in [-0.3, -0.25) is 9.89 Å². The number of nitrogens with zero attached hydrogens (tertiary/aromatic N) is 2. The maximum atomic E-state index is 12.3. The molecule has 3 N–H and O–H groups in total. The smallest absolute Gasteiger partial charge is 0.289 e. The van der Waals surface area contributed by atoms with Crippen LogP contribution in [0.25, 0.3) is 22.4 Å². The number of H-pyrrole nitrogens is 1. The minimum Gasteiger partial charge on any atom is -0.504 e. The number of methoxy groups -OCH3 is 1. The van der Waals surface area contributed by atoms with Gasteiger partial charge in [-0.1, -0.05) is 54.6 Å². The fourth-order valence-corrected chi connectivity index (χ4v) is 3.05. The SMILES string of the molecule is COc1cc(C=NNC(=O)c2cc(-c3ccc(-c4ccccc4)cc3)n[nH]2)ccc1O. The average molecular weight is 412 g/mol. The van der Waals surface area contributed by atoms with Gasteiger partial charge < -0.3 is 9.84 Å². The number of hydrazone groups is 1. The predicted octanol–water partition coefficient (Wildman–Crippen LogP) is 4.22. The molecule has 0 aliphatic rings. The third-order valence-electron chi connectivity index (χ3n) is 4.69. The maximum absolute atomic E-state index is 12.3. The van der Waals surface area contributed by atoms with Gasteiger partial charge in [-0.15, -0.1) is 0 Å². The minimum absolute atomic E-state index is 0.0328. The number of aromatic amines is 1. The largest absolute Gasteiger partial charge is 0.504 e. The van der Waals surface area contributed by atoms with Gasteiger partial charge in [0, 0.05) is 5.56 Å². The molecular formula is C24H20N4O3. The molecule has 3 aromatic carbocycles. The lowest BCUT2D eigenvalue weighted by Gasteiger charge is -2.03. The second kappa shape index (κ2) is 8.96.